The second-order valence-corrected chi connectivity index (χ2v) is 11.5. The number of nitrogens with zero attached hydrogens (tertiary/aromatic N) is 1. The summed E-state index contributed by atoms with van der Waals surface area (Å²) in [5.74, 6) is 0. The minimum absolute atomic E-state index is 0.0558. The molecule has 0 radical (unpaired) electrons. The van der Waals surface area contributed by atoms with Gasteiger partial charge in [0, 0.05) is 40.1 Å². The Balaban J connectivity index is 2.25. The standard InChI is InChI=1S/C25H28F6N2OS/c1-6-15(2)33-14-19(22(25(29,30)31)32-35(34)23(3,4)5)18-12-11-16(13-21(18)33)17-9-7-8-10-20(17)24(26,27)28/h7-15,22,32H,6H2,1-5H3/t15?,22-,35?/m0/s1. The van der Waals surface area contributed by atoms with Crippen LogP contribution in [0.15, 0.2) is 48.7 Å². The Morgan fingerprint density at radius 2 is 1.63 bits per heavy atom. The second kappa shape index (κ2) is 9.71. The minimum Gasteiger partial charge on any atom is -0.598 e. The van der Waals surface area contributed by atoms with Crippen LogP contribution in [-0.2, 0) is 17.5 Å². The van der Waals surface area contributed by atoms with E-state index in [2.05, 4.69) is 4.72 Å². The molecule has 0 saturated carbocycles. The van der Waals surface area contributed by atoms with E-state index >= 15 is 0 Å². The fourth-order valence-electron chi connectivity index (χ4n) is 3.81. The number of aromatic nitrogens is 1. The average molecular weight is 519 g/mol. The molecule has 3 aromatic rings. The van der Waals surface area contributed by atoms with Crippen LogP contribution in [-0.4, -0.2) is 20.0 Å². The molecule has 2 unspecified atom stereocenters. The monoisotopic (exact) mass is 518 g/mol. The van der Waals surface area contributed by atoms with Crippen LogP contribution >= 0.6 is 0 Å². The molecule has 0 aliphatic carbocycles. The highest BCUT2D eigenvalue weighted by Gasteiger charge is 2.47. The Morgan fingerprint density at radius 3 is 2.17 bits per heavy atom. The summed E-state index contributed by atoms with van der Waals surface area (Å²) in [5.41, 5.74) is -0.381. The molecular formula is C25H28F6N2OS. The highest BCUT2D eigenvalue weighted by atomic mass is 32.2. The van der Waals surface area contributed by atoms with Crippen molar-refractivity contribution in [1.82, 2.24) is 9.29 Å². The molecule has 3 rings (SSSR count). The molecule has 1 N–H and O–H groups in total. The van der Waals surface area contributed by atoms with Crippen LogP contribution in [0.1, 0.15) is 64.3 Å². The molecule has 35 heavy (non-hydrogen) atoms. The Morgan fingerprint density at radius 1 is 1.00 bits per heavy atom. The summed E-state index contributed by atoms with van der Waals surface area (Å²) in [7, 11) is 0. The zero-order valence-corrected chi connectivity index (χ0v) is 20.8. The van der Waals surface area contributed by atoms with Crippen LogP contribution in [0.3, 0.4) is 0 Å². The van der Waals surface area contributed by atoms with E-state index in [-0.39, 0.29) is 28.1 Å². The molecular weight excluding hydrogens is 490 g/mol. The first-order valence-electron chi connectivity index (χ1n) is 11.1. The van der Waals surface area contributed by atoms with Crippen molar-refractivity contribution in [3.63, 3.8) is 0 Å². The summed E-state index contributed by atoms with van der Waals surface area (Å²) in [4.78, 5) is 0. The van der Waals surface area contributed by atoms with Crippen molar-refractivity contribution in [3.05, 3.63) is 59.8 Å². The Hall–Kier alpha value is -2.17. The van der Waals surface area contributed by atoms with Gasteiger partial charge < -0.3 is 9.12 Å². The fourth-order valence-corrected chi connectivity index (χ4v) is 4.64. The number of alkyl halides is 6. The molecule has 3 atom stereocenters. The first kappa shape index (κ1) is 27.4. The summed E-state index contributed by atoms with van der Waals surface area (Å²) in [6, 6.07) is 6.95. The van der Waals surface area contributed by atoms with Crippen LogP contribution in [0.5, 0.6) is 0 Å². The topological polar surface area (TPSA) is 40.0 Å². The molecule has 10 heteroatoms. The van der Waals surface area contributed by atoms with Crippen LogP contribution in [0.4, 0.5) is 26.3 Å². The van der Waals surface area contributed by atoms with Gasteiger partial charge in [0.25, 0.3) is 0 Å². The lowest BCUT2D eigenvalue weighted by Crippen LogP contribution is -2.45. The third-order valence-corrected chi connectivity index (χ3v) is 7.46. The van der Waals surface area contributed by atoms with Gasteiger partial charge in [-0.2, -0.15) is 26.3 Å². The van der Waals surface area contributed by atoms with Gasteiger partial charge in [-0.3, -0.25) is 0 Å². The van der Waals surface area contributed by atoms with Gasteiger partial charge in [0.05, 0.1) is 5.56 Å². The molecule has 192 valence electrons. The van der Waals surface area contributed by atoms with Gasteiger partial charge in [-0.1, -0.05) is 37.3 Å². The number of rotatable bonds is 6. The van der Waals surface area contributed by atoms with Gasteiger partial charge in [0.1, 0.15) is 4.75 Å². The van der Waals surface area contributed by atoms with Gasteiger partial charge in [0.15, 0.2) is 6.04 Å². The largest absolute Gasteiger partial charge is 0.598 e. The van der Waals surface area contributed by atoms with Crippen molar-refractivity contribution in [1.29, 1.82) is 0 Å². The van der Waals surface area contributed by atoms with Gasteiger partial charge in [-0.15, -0.1) is 4.72 Å². The second-order valence-electron chi connectivity index (χ2n) is 9.50. The lowest BCUT2D eigenvalue weighted by atomic mass is 9.97. The molecule has 1 heterocycles. The third kappa shape index (κ3) is 5.81. The number of benzene rings is 2. The summed E-state index contributed by atoms with van der Waals surface area (Å²) in [6.45, 7) is 8.39. The molecule has 1 aromatic heterocycles. The van der Waals surface area contributed by atoms with E-state index in [1.807, 2.05) is 13.8 Å². The Labute approximate surface area is 203 Å². The maximum absolute atomic E-state index is 14.2. The first-order chi connectivity index (χ1) is 16.1. The quantitative estimate of drug-likeness (QED) is 0.266. The molecule has 0 aliphatic heterocycles. The number of halogens is 6. The lowest BCUT2D eigenvalue weighted by molar-refractivity contribution is -0.152. The highest BCUT2D eigenvalue weighted by molar-refractivity contribution is 7.90. The normalized spacial score (nSPS) is 15.9. The van der Waals surface area contributed by atoms with Gasteiger partial charge in [-0.05, 0) is 57.4 Å². The van der Waals surface area contributed by atoms with Gasteiger partial charge in [0.2, 0.25) is 0 Å². The maximum atomic E-state index is 14.2. The molecule has 0 bridgehead atoms. The van der Waals surface area contributed by atoms with E-state index in [9.17, 15) is 30.9 Å². The molecule has 0 fully saturated rings. The number of fused-ring (bicyclic) bond motifs is 1. The van der Waals surface area contributed by atoms with E-state index in [0.29, 0.717) is 11.9 Å². The van der Waals surface area contributed by atoms with Crippen molar-refractivity contribution in [3.8, 4) is 11.1 Å². The molecule has 0 spiro atoms. The summed E-state index contributed by atoms with van der Waals surface area (Å²) < 4.78 is 98.8. The van der Waals surface area contributed by atoms with Crippen molar-refractivity contribution in [2.75, 3.05) is 0 Å². The molecule has 0 amide bonds. The minimum atomic E-state index is -4.75. The third-order valence-electron chi connectivity index (χ3n) is 5.89. The van der Waals surface area contributed by atoms with E-state index in [4.69, 9.17) is 0 Å². The van der Waals surface area contributed by atoms with E-state index in [1.165, 1.54) is 42.6 Å². The molecule has 0 saturated heterocycles. The predicted molar refractivity (Wildman–Crippen MR) is 127 cm³/mol. The first-order valence-corrected chi connectivity index (χ1v) is 12.3. The summed E-state index contributed by atoms with van der Waals surface area (Å²) in [6.07, 6.45) is -7.39. The van der Waals surface area contributed by atoms with Gasteiger partial charge in [-0.25, -0.2) is 0 Å². The Bertz CT molecular complexity index is 1180. The zero-order valence-electron chi connectivity index (χ0n) is 20.0. The van der Waals surface area contributed by atoms with Crippen LogP contribution < -0.4 is 4.72 Å². The van der Waals surface area contributed by atoms with E-state index in [0.717, 1.165) is 6.07 Å². The van der Waals surface area contributed by atoms with E-state index in [1.54, 1.807) is 25.3 Å². The van der Waals surface area contributed by atoms with Crippen molar-refractivity contribution in [2.45, 2.75) is 70.2 Å². The van der Waals surface area contributed by atoms with E-state index < -0.39 is 40.1 Å². The van der Waals surface area contributed by atoms with Crippen LogP contribution in [0.25, 0.3) is 22.0 Å². The van der Waals surface area contributed by atoms with Crippen molar-refractivity contribution < 1.29 is 30.9 Å². The highest BCUT2D eigenvalue weighted by Crippen LogP contribution is 2.42. The maximum Gasteiger partial charge on any atom is 0.417 e. The average Bonchev–Trinajstić information content (AvgIpc) is 3.13. The number of hydrogen-bond donors (Lipinski definition) is 1. The SMILES string of the molecule is CCC(C)n1cc([C@H](N[S+]([O-])C(C)(C)C)C(F)(F)F)c2ccc(-c3ccccc3C(F)(F)F)cc21. The molecule has 3 nitrogen and oxygen atoms in total. The smallest absolute Gasteiger partial charge is 0.417 e. The van der Waals surface area contributed by atoms with Gasteiger partial charge >= 0.3 is 12.4 Å². The van der Waals surface area contributed by atoms with Crippen LogP contribution in [0, 0.1) is 0 Å². The number of nitrogens with one attached hydrogen (secondary N) is 1. The predicted octanol–water partition coefficient (Wildman–Crippen LogP) is 7.95. The number of hydrogen-bond acceptors (Lipinski definition) is 2. The fraction of sp³-hybridized carbons (Fsp3) is 0.440. The Kier molecular flexibility index (Phi) is 7.60. The van der Waals surface area contributed by atoms with Crippen molar-refractivity contribution >= 4 is 22.3 Å². The lowest BCUT2D eigenvalue weighted by Gasteiger charge is -2.29. The van der Waals surface area contributed by atoms with Crippen LogP contribution in [0.2, 0.25) is 0 Å². The zero-order chi connectivity index (χ0) is 26.3. The summed E-state index contributed by atoms with van der Waals surface area (Å²) in [5, 5.41) is 0.235. The van der Waals surface area contributed by atoms with Crippen molar-refractivity contribution in [2.24, 2.45) is 0 Å². The molecule has 0 aliphatic rings. The summed E-state index contributed by atoms with van der Waals surface area (Å²) >= 11 is -2.01. The molecule has 2 aromatic carbocycles.